The highest BCUT2D eigenvalue weighted by atomic mass is 15.1. The molecule has 0 fully saturated rings. The van der Waals surface area contributed by atoms with E-state index in [-0.39, 0.29) is 10.8 Å². The van der Waals surface area contributed by atoms with Crippen molar-refractivity contribution in [2.75, 3.05) is 9.80 Å². The largest absolute Gasteiger partial charge is 0.310 e. The zero-order valence-electron chi connectivity index (χ0n) is 29.8. The lowest BCUT2D eigenvalue weighted by atomic mass is 9.84. The van der Waals surface area contributed by atoms with Gasteiger partial charge in [-0.2, -0.15) is 0 Å². The van der Waals surface area contributed by atoms with Gasteiger partial charge >= 0.3 is 0 Å². The number of nitrogens with zero attached hydrogens (tertiary/aromatic N) is 2. The van der Waals surface area contributed by atoms with E-state index in [2.05, 4.69) is 211 Å². The van der Waals surface area contributed by atoms with Crippen LogP contribution >= 0.6 is 0 Å². The van der Waals surface area contributed by atoms with E-state index in [1.54, 1.807) is 0 Å². The average molecular weight is 629 g/mol. The summed E-state index contributed by atoms with van der Waals surface area (Å²) in [6.45, 7) is 18.1. The summed E-state index contributed by atoms with van der Waals surface area (Å²) in [6.07, 6.45) is 0. The van der Waals surface area contributed by atoms with Crippen molar-refractivity contribution >= 4 is 34.1 Å². The van der Waals surface area contributed by atoms with Crippen molar-refractivity contribution in [3.05, 3.63) is 168 Å². The zero-order chi connectivity index (χ0) is 34.1. The molecule has 0 saturated carbocycles. The summed E-state index contributed by atoms with van der Waals surface area (Å²) in [5.41, 5.74) is 14.8. The molecule has 0 unspecified atom stereocenters. The van der Waals surface area contributed by atoms with Crippen molar-refractivity contribution in [2.24, 2.45) is 0 Å². The molecule has 0 bridgehead atoms. The number of aryl methyl sites for hydroxylation is 2. The number of para-hydroxylation sites is 2. The molecule has 0 saturated heterocycles. The highest BCUT2D eigenvalue weighted by Crippen LogP contribution is 2.40. The summed E-state index contributed by atoms with van der Waals surface area (Å²) in [5, 5.41) is 0. The molecule has 0 aliphatic carbocycles. The van der Waals surface area contributed by atoms with Crippen molar-refractivity contribution in [1.82, 2.24) is 0 Å². The van der Waals surface area contributed by atoms with Crippen LogP contribution in [0.2, 0.25) is 0 Å². The van der Waals surface area contributed by atoms with Crippen LogP contribution in [0.1, 0.15) is 63.8 Å². The molecular weight excluding hydrogens is 581 g/mol. The quantitative estimate of drug-likeness (QED) is 0.174. The van der Waals surface area contributed by atoms with Gasteiger partial charge < -0.3 is 9.80 Å². The molecule has 6 rings (SSSR count). The summed E-state index contributed by atoms with van der Waals surface area (Å²) in [4.78, 5) is 4.69. The number of anilines is 6. The molecule has 0 aliphatic heterocycles. The minimum atomic E-state index is 0.103. The van der Waals surface area contributed by atoms with E-state index in [0.717, 1.165) is 34.1 Å². The fourth-order valence-corrected chi connectivity index (χ4v) is 6.91. The first kappa shape index (κ1) is 32.8. The highest BCUT2D eigenvalue weighted by molar-refractivity contribution is 5.81. The van der Waals surface area contributed by atoms with E-state index in [4.69, 9.17) is 0 Å². The molecular formula is C46H48N2. The van der Waals surface area contributed by atoms with Gasteiger partial charge in [-0.25, -0.2) is 0 Å². The number of hydrogen-bond acceptors (Lipinski definition) is 2. The maximum Gasteiger partial charge on any atom is 0.0464 e. The van der Waals surface area contributed by atoms with E-state index in [9.17, 15) is 0 Å². The second kappa shape index (κ2) is 13.2. The van der Waals surface area contributed by atoms with Gasteiger partial charge in [0.1, 0.15) is 0 Å². The van der Waals surface area contributed by atoms with Gasteiger partial charge in [0.15, 0.2) is 0 Å². The van der Waals surface area contributed by atoms with Crippen LogP contribution < -0.4 is 9.80 Å². The van der Waals surface area contributed by atoms with E-state index in [1.807, 2.05) is 0 Å². The Bertz CT molecular complexity index is 1830. The van der Waals surface area contributed by atoms with Gasteiger partial charge in [0, 0.05) is 34.1 Å². The maximum atomic E-state index is 2.34. The fraction of sp³-hybridized carbons (Fsp3) is 0.217. The molecule has 6 aromatic carbocycles. The normalized spacial score (nSPS) is 11.8. The molecule has 2 heteroatoms. The minimum Gasteiger partial charge on any atom is -0.310 e. The maximum absolute atomic E-state index is 2.34. The van der Waals surface area contributed by atoms with Crippen molar-refractivity contribution in [1.29, 1.82) is 0 Å². The van der Waals surface area contributed by atoms with Crippen LogP contribution in [0.25, 0.3) is 11.1 Å². The first-order valence-corrected chi connectivity index (χ1v) is 17.0. The molecule has 0 spiro atoms. The fourth-order valence-electron chi connectivity index (χ4n) is 6.91. The molecule has 6 aromatic rings. The van der Waals surface area contributed by atoms with Crippen molar-refractivity contribution in [3.8, 4) is 11.1 Å². The van der Waals surface area contributed by atoms with E-state index in [0.29, 0.717) is 0 Å². The Morgan fingerprint density at radius 1 is 0.333 bits per heavy atom. The second-order valence-electron chi connectivity index (χ2n) is 14.9. The van der Waals surface area contributed by atoms with Gasteiger partial charge in [-0.3, -0.25) is 0 Å². The standard InChI is InChI=1S/C46H48N2/c1-33-31-41(27-29-43(33)45(3,4)5)47(37-15-11-9-12-16-37)39-23-19-35(20-24-39)36-21-25-40(26-22-36)48(38-17-13-10-14-18-38)42-28-30-44(34(2)32-42)46(6,7)8/h9-32H,1-8H3. The Labute approximate surface area is 288 Å². The second-order valence-corrected chi connectivity index (χ2v) is 14.9. The van der Waals surface area contributed by atoms with Gasteiger partial charge in [-0.05, 0) is 131 Å². The van der Waals surface area contributed by atoms with Gasteiger partial charge in [0.05, 0.1) is 0 Å². The molecule has 0 amide bonds. The highest BCUT2D eigenvalue weighted by Gasteiger charge is 2.21. The lowest BCUT2D eigenvalue weighted by molar-refractivity contribution is 0.586. The predicted molar refractivity (Wildman–Crippen MR) is 208 cm³/mol. The summed E-state index contributed by atoms with van der Waals surface area (Å²) in [7, 11) is 0. The van der Waals surface area contributed by atoms with Crippen LogP contribution in [-0.2, 0) is 10.8 Å². The van der Waals surface area contributed by atoms with E-state index >= 15 is 0 Å². The van der Waals surface area contributed by atoms with E-state index in [1.165, 1.54) is 33.4 Å². The van der Waals surface area contributed by atoms with Gasteiger partial charge in [0.25, 0.3) is 0 Å². The Morgan fingerprint density at radius 2 is 0.625 bits per heavy atom. The Kier molecular flexibility index (Phi) is 9.03. The van der Waals surface area contributed by atoms with Crippen LogP contribution in [-0.4, -0.2) is 0 Å². The number of benzene rings is 6. The average Bonchev–Trinajstić information content (AvgIpc) is 3.06. The molecule has 242 valence electrons. The topological polar surface area (TPSA) is 6.48 Å². The van der Waals surface area contributed by atoms with Crippen LogP contribution in [0.5, 0.6) is 0 Å². The summed E-state index contributed by atoms with van der Waals surface area (Å²) >= 11 is 0. The van der Waals surface area contributed by atoms with Gasteiger partial charge in [0.2, 0.25) is 0 Å². The third kappa shape index (κ3) is 6.94. The smallest absolute Gasteiger partial charge is 0.0464 e. The minimum absolute atomic E-state index is 0.103. The first-order chi connectivity index (χ1) is 22.9. The molecule has 0 radical (unpaired) electrons. The Balaban J connectivity index is 1.32. The van der Waals surface area contributed by atoms with Crippen molar-refractivity contribution in [2.45, 2.75) is 66.2 Å². The van der Waals surface area contributed by atoms with Crippen LogP contribution in [0.4, 0.5) is 34.1 Å². The monoisotopic (exact) mass is 628 g/mol. The SMILES string of the molecule is Cc1cc(N(c2ccccc2)c2ccc(-c3ccc(N(c4ccccc4)c4ccc(C(C)(C)C)c(C)c4)cc3)cc2)ccc1C(C)(C)C. The van der Waals surface area contributed by atoms with Crippen LogP contribution in [0, 0.1) is 13.8 Å². The lowest BCUT2D eigenvalue weighted by Crippen LogP contribution is -2.15. The Morgan fingerprint density at radius 3 is 0.917 bits per heavy atom. The summed E-state index contributed by atoms with van der Waals surface area (Å²) < 4.78 is 0. The third-order valence-corrected chi connectivity index (χ3v) is 9.17. The number of rotatable bonds is 7. The molecule has 0 heterocycles. The van der Waals surface area contributed by atoms with E-state index < -0.39 is 0 Å². The first-order valence-electron chi connectivity index (χ1n) is 17.0. The van der Waals surface area contributed by atoms with Gasteiger partial charge in [-0.1, -0.05) is 114 Å². The molecule has 0 atom stereocenters. The van der Waals surface area contributed by atoms with Crippen molar-refractivity contribution < 1.29 is 0 Å². The molecule has 48 heavy (non-hydrogen) atoms. The van der Waals surface area contributed by atoms with Crippen LogP contribution in [0.3, 0.4) is 0 Å². The molecule has 0 aliphatic rings. The van der Waals surface area contributed by atoms with Crippen LogP contribution in [0.15, 0.2) is 146 Å². The predicted octanol–water partition coefficient (Wildman–Crippen LogP) is 13.5. The van der Waals surface area contributed by atoms with Crippen molar-refractivity contribution in [3.63, 3.8) is 0 Å². The Hall–Kier alpha value is -5.08. The molecule has 0 aromatic heterocycles. The number of hydrogen-bond donors (Lipinski definition) is 0. The van der Waals surface area contributed by atoms with Gasteiger partial charge in [-0.15, -0.1) is 0 Å². The zero-order valence-corrected chi connectivity index (χ0v) is 29.8. The lowest BCUT2D eigenvalue weighted by Gasteiger charge is -2.28. The summed E-state index contributed by atoms with van der Waals surface area (Å²) in [5.74, 6) is 0. The molecule has 2 nitrogen and oxygen atoms in total. The molecule has 0 N–H and O–H groups in total. The summed E-state index contributed by atoms with van der Waals surface area (Å²) in [6, 6.07) is 52.9. The third-order valence-electron chi connectivity index (χ3n) is 9.17.